The van der Waals surface area contributed by atoms with Crippen molar-refractivity contribution in [2.45, 2.75) is 25.8 Å². The number of nitro benzene ring substituents is 1. The van der Waals surface area contributed by atoms with Crippen molar-refractivity contribution >= 4 is 28.9 Å². The molecule has 27 heavy (non-hydrogen) atoms. The highest BCUT2D eigenvalue weighted by Crippen LogP contribution is 2.24. The molecule has 0 radical (unpaired) electrons. The molecule has 0 spiro atoms. The number of anilines is 2. The molecule has 0 aromatic heterocycles. The summed E-state index contributed by atoms with van der Waals surface area (Å²) in [4.78, 5) is 37.3. The van der Waals surface area contributed by atoms with Crippen LogP contribution in [0.15, 0.2) is 42.5 Å². The number of amides is 2. The summed E-state index contributed by atoms with van der Waals surface area (Å²) in [6.07, 6.45) is 1.26. The lowest BCUT2D eigenvalue weighted by atomic mass is 10.0. The molecule has 2 aromatic carbocycles. The second kappa shape index (κ2) is 7.45. The Morgan fingerprint density at radius 3 is 2.63 bits per heavy atom. The molecule has 1 aliphatic heterocycles. The monoisotopic (exact) mass is 368 g/mol. The largest absolute Gasteiger partial charge is 0.393 e. The number of nitrogen functional groups attached to an aromatic ring is 1. The highest BCUT2D eigenvalue weighted by Gasteiger charge is 2.31. The quantitative estimate of drug-likeness (QED) is 0.488. The molecular weight excluding hydrogens is 348 g/mol. The SMILES string of the molecule is Cc1ccc(N2CCCC(NC(=O)c3ccc(N)c([N+](=O)[O-])c3)C2=O)cc1. The van der Waals surface area contributed by atoms with Gasteiger partial charge in [0.2, 0.25) is 5.91 Å². The van der Waals surface area contributed by atoms with Crippen LogP contribution in [-0.4, -0.2) is 29.3 Å². The maximum absolute atomic E-state index is 12.8. The van der Waals surface area contributed by atoms with E-state index < -0.39 is 16.9 Å². The fourth-order valence-corrected chi connectivity index (χ4v) is 3.07. The van der Waals surface area contributed by atoms with Crippen LogP contribution in [0.5, 0.6) is 0 Å². The van der Waals surface area contributed by atoms with E-state index in [9.17, 15) is 19.7 Å². The predicted molar refractivity (Wildman–Crippen MR) is 102 cm³/mol. The molecule has 8 nitrogen and oxygen atoms in total. The average Bonchev–Trinajstić information content (AvgIpc) is 2.64. The first kappa shape index (κ1) is 18.4. The van der Waals surface area contributed by atoms with Crippen molar-refractivity contribution in [3.63, 3.8) is 0 Å². The van der Waals surface area contributed by atoms with E-state index in [1.54, 1.807) is 4.90 Å². The number of nitro groups is 1. The summed E-state index contributed by atoms with van der Waals surface area (Å²) in [5.41, 5.74) is 7.18. The summed E-state index contributed by atoms with van der Waals surface area (Å²) in [5, 5.41) is 13.7. The van der Waals surface area contributed by atoms with E-state index in [4.69, 9.17) is 5.73 Å². The van der Waals surface area contributed by atoms with E-state index in [-0.39, 0.29) is 22.8 Å². The van der Waals surface area contributed by atoms with Gasteiger partial charge in [0.05, 0.1) is 4.92 Å². The van der Waals surface area contributed by atoms with Crippen molar-refractivity contribution in [2.24, 2.45) is 0 Å². The summed E-state index contributed by atoms with van der Waals surface area (Å²) in [5.74, 6) is -0.731. The van der Waals surface area contributed by atoms with Gasteiger partial charge in [0.1, 0.15) is 11.7 Å². The average molecular weight is 368 g/mol. The number of nitrogens with zero attached hydrogens (tertiary/aromatic N) is 2. The zero-order valence-electron chi connectivity index (χ0n) is 14.8. The van der Waals surface area contributed by atoms with E-state index in [0.717, 1.165) is 23.7 Å². The Balaban J connectivity index is 1.76. The normalized spacial score (nSPS) is 16.9. The molecule has 1 fully saturated rings. The number of nitrogens with two attached hydrogens (primary N) is 1. The third kappa shape index (κ3) is 3.89. The van der Waals surface area contributed by atoms with E-state index in [1.807, 2.05) is 31.2 Å². The molecule has 2 amide bonds. The second-order valence-electron chi connectivity index (χ2n) is 6.52. The van der Waals surface area contributed by atoms with Crippen LogP contribution >= 0.6 is 0 Å². The van der Waals surface area contributed by atoms with Crippen LogP contribution in [0.2, 0.25) is 0 Å². The van der Waals surface area contributed by atoms with Gasteiger partial charge in [-0.3, -0.25) is 19.7 Å². The maximum atomic E-state index is 12.8. The maximum Gasteiger partial charge on any atom is 0.292 e. The highest BCUT2D eigenvalue weighted by atomic mass is 16.6. The molecule has 1 aliphatic rings. The molecule has 2 aromatic rings. The van der Waals surface area contributed by atoms with Crippen molar-refractivity contribution < 1.29 is 14.5 Å². The van der Waals surface area contributed by atoms with Gasteiger partial charge in [0, 0.05) is 23.9 Å². The number of nitrogens with one attached hydrogen (secondary N) is 1. The van der Waals surface area contributed by atoms with E-state index in [2.05, 4.69) is 5.32 Å². The number of piperidine rings is 1. The topological polar surface area (TPSA) is 119 Å². The molecule has 3 rings (SSSR count). The second-order valence-corrected chi connectivity index (χ2v) is 6.52. The Hall–Kier alpha value is -3.42. The molecule has 1 saturated heterocycles. The van der Waals surface area contributed by atoms with Gasteiger partial charge in [-0.1, -0.05) is 17.7 Å². The lowest BCUT2D eigenvalue weighted by Gasteiger charge is -2.32. The third-order valence-electron chi connectivity index (χ3n) is 4.58. The summed E-state index contributed by atoms with van der Waals surface area (Å²) in [6, 6.07) is 10.8. The first-order valence-corrected chi connectivity index (χ1v) is 8.59. The Bertz CT molecular complexity index is 895. The van der Waals surface area contributed by atoms with Gasteiger partial charge in [0.15, 0.2) is 0 Å². The molecule has 0 saturated carbocycles. The summed E-state index contributed by atoms with van der Waals surface area (Å²) in [7, 11) is 0. The number of hydrogen-bond acceptors (Lipinski definition) is 5. The van der Waals surface area contributed by atoms with E-state index in [1.165, 1.54) is 12.1 Å². The minimum atomic E-state index is -0.677. The van der Waals surface area contributed by atoms with Gasteiger partial charge in [-0.25, -0.2) is 0 Å². The van der Waals surface area contributed by atoms with Crippen molar-refractivity contribution in [1.82, 2.24) is 5.32 Å². The molecular formula is C19H20N4O4. The summed E-state index contributed by atoms with van der Waals surface area (Å²) < 4.78 is 0. The number of hydrogen-bond donors (Lipinski definition) is 2. The lowest BCUT2D eigenvalue weighted by molar-refractivity contribution is -0.383. The Morgan fingerprint density at radius 2 is 1.96 bits per heavy atom. The van der Waals surface area contributed by atoms with Gasteiger partial charge in [-0.15, -0.1) is 0 Å². The number of carbonyl (C=O) groups is 2. The molecule has 8 heteroatoms. The summed E-state index contributed by atoms with van der Waals surface area (Å²) >= 11 is 0. The number of carbonyl (C=O) groups excluding carboxylic acids is 2. The molecule has 3 N–H and O–H groups in total. The Kier molecular flexibility index (Phi) is 5.07. The summed E-state index contributed by atoms with van der Waals surface area (Å²) in [6.45, 7) is 2.55. The van der Waals surface area contributed by atoms with Crippen LogP contribution in [0.3, 0.4) is 0 Å². The van der Waals surface area contributed by atoms with E-state index >= 15 is 0 Å². The number of benzene rings is 2. The molecule has 0 aliphatic carbocycles. The van der Waals surface area contributed by atoms with Crippen LogP contribution in [0.25, 0.3) is 0 Å². The van der Waals surface area contributed by atoms with Gasteiger partial charge >= 0.3 is 0 Å². The minimum Gasteiger partial charge on any atom is -0.393 e. The van der Waals surface area contributed by atoms with Gasteiger partial charge in [0.25, 0.3) is 11.6 Å². The molecule has 0 bridgehead atoms. The molecule has 1 atom stereocenters. The predicted octanol–water partition coefficient (Wildman–Crippen LogP) is 2.41. The van der Waals surface area contributed by atoms with Crippen LogP contribution in [0.1, 0.15) is 28.8 Å². The highest BCUT2D eigenvalue weighted by molar-refractivity contribution is 6.03. The lowest BCUT2D eigenvalue weighted by Crippen LogP contribution is -2.52. The third-order valence-corrected chi connectivity index (χ3v) is 4.58. The van der Waals surface area contributed by atoms with Crippen molar-refractivity contribution in [3.05, 3.63) is 63.7 Å². The van der Waals surface area contributed by atoms with Gasteiger partial charge in [-0.05, 0) is 44.0 Å². The smallest absolute Gasteiger partial charge is 0.292 e. The van der Waals surface area contributed by atoms with E-state index in [0.29, 0.717) is 13.0 Å². The number of rotatable bonds is 4. The fourth-order valence-electron chi connectivity index (χ4n) is 3.07. The molecule has 1 heterocycles. The van der Waals surface area contributed by atoms with Gasteiger partial charge < -0.3 is 16.0 Å². The molecule has 1 unspecified atom stereocenters. The van der Waals surface area contributed by atoms with Crippen molar-refractivity contribution in [3.8, 4) is 0 Å². The Labute approximate surface area is 156 Å². The minimum absolute atomic E-state index is 0.0177. The zero-order chi connectivity index (χ0) is 19.6. The molecule has 140 valence electrons. The Morgan fingerprint density at radius 1 is 1.26 bits per heavy atom. The first-order chi connectivity index (χ1) is 12.9. The van der Waals surface area contributed by atoms with Crippen LogP contribution in [-0.2, 0) is 4.79 Å². The standard InChI is InChI=1S/C19H20N4O4/c1-12-4-7-14(8-5-12)22-10-2-3-16(19(22)25)21-18(24)13-6-9-15(20)17(11-13)23(26)27/h4-9,11,16H,2-3,10,20H2,1H3,(H,21,24). The zero-order valence-corrected chi connectivity index (χ0v) is 14.8. The van der Waals surface area contributed by atoms with Crippen molar-refractivity contribution in [1.29, 1.82) is 0 Å². The fraction of sp³-hybridized carbons (Fsp3) is 0.263. The number of aryl methyl sites for hydroxylation is 1. The first-order valence-electron chi connectivity index (χ1n) is 8.59. The van der Waals surface area contributed by atoms with Gasteiger partial charge in [-0.2, -0.15) is 0 Å². The van der Waals surface area contributed by atoms with Crippen LogP contribution in [0, 0.1) is 17.0 Å². The van der Waals surface area contributed by atoms with Crippen molar-refractivity contribution in [2.75, 3.05) is 17.2 Å². The van der Waals surface area contributed by atoms with Crippen LogP contribution in [0.4, 0.5) is 17.1 Å². The van der Waals surface area contributed by atoms with Crippen LogP contribution < -0.4 is 16.0 Å².